The summed E-state index contributed by atoms with van der Waals surface area (Å²) in [6.07, 6.45) is 0. The predicted octanol–water partition coefficient (Wildman–Crippen LogP) is 1.23. The molecule has 1 unspecified atom stereocenters. The number of sulfonamides is 1. The standard InChI is InChI=1S/C12H19N3O2S/c1-8(2)11(12(13)14)15-18(16,17)10-6-4-9(3)5-7-10/h4-8,11,15H,1-3H3,(H3,13,14). The van der Waals surface area contributed by atoms with Gasteiger partial charge in [-0.2, -0.15) is 0 Å². The minimum atomic E-state index is -3.64. The van der Waals surface area contributed by atoms with E-state index in [1.807, 2.05) is 20.8 Å². The van der Waals surface area contributed by atoms with Gasteiger partial charge in [0.25, 0.3) is 0 Å². The summed E-state index contributed by atoms with van der Waals surface area (Å²) in [5.74, 6) is -0.261. The lowest BCUT2D eigenvalue weighted by Gasteiger charge is -2.20. The third-order valence-corrected chi connectivity index (χ3v) is 4.07. The highest BCUT2D eigenvalue weighted by Crippen LogP contribution is 2.12. The van der Waals surface area contributed by atoms with Crippen molar-refractivity contribution < 1.29 is 8.42 Å². The van der Waals surface area contributed by atoms with Gasteiger partial charge in [0, 0.05) is 0 Å². The van der Waals surface area contributed by atoms with Crippen molar-refractivity contribution in [1.82, 2.24) is 4.72 Å². The van der Waals surface area contributed by atoms with Crippen LogP contribution in [0.2, 0.25) is 0 Å². The Balaban J connectivity index is 3.01. The molecule has 4 N–H and O–H groups in total. The maximum Gasteiger partial charge on any atom is 0.241 e. The number of aryl methyl sites for hydroxylation is 1. The summed E-state index contributed by atoms with van der Waals surface area (Å²) in [5.41, 5.74) is 6.39. The predicted molar refractivity (Wildman–Crippen MR) is 72.0 cm³/mol. The molecule has 5 nitrogen and oxygen atoms in total. The van der Waals surface area contributed by atoms with E-state index in [-0.39, 0.29) is 16.6 Å². The van der Waals surface area contributed by atoms with Crippen LogP contribution in [0.1, 0.15) is 19.4 Å². The Labute approximate surface area is 108 Å². The van der Waals surface area contributed by atoms with Crippen LogP contribution in [-0.4, -0.2) is 20.3 Å². The van der Waals surface area contributed by atoms with Crippen LogP contribution in [0.5, 0.6) is 0 Å². The van der Waals surface area contributed by atoms with Crippen LogP contribution < -0.4 is 10.5 Å². The quantitative estimate of drug-likeness (QED) is 0.554. The third-order valence-electron chi connectivity index (χ3n) is 2.62. The van der Waals surface area contributed by atoms with Crippen LogP contribution in [0.25, 0.3) is 0 Å². The van der Waals surface area contributed by atoms with Gasteiger partial charge < -0.3 is 5.73 Å². The van der Waals surface area contributed by atoms with Crippen molar-refractivity contribution >= 4 is 15.9 Å². The van der Waals surface area contributed by atoms with Gasteiger partial charge in [0.15, 0.2) is 0 Å². The molecule has 0 saturated carbocycles. The maximum absolute atomic E-state index is 12.1. The van der Waals surface area contributed by atoms with Crippen molar-refractivity contribution in [1.29, 1.82) is 5.41 Å². The molecule has 0 radical (unpaired) electrons. The SMILES string of the molecule is Cc1ccc(S(=O)(=O)NC(C(=N)N)C(C)C)cc1. The highest BCUT2D eigenvalue weighted by Gasteiger charge is 2.24. The van der Waals surface area contributed by atoms with Crippen LogP contribution in [-0.2, 0) is 10.0 Å². The van der Waals surface area contributed by atoms with E-state index >= 15 is 0 Å². The largest absolute Gasteiger partial charge is 0.386 e. The van der Waals surface area contributed by atoms with Crippen molar-refractivity contribution in [3.63, 3.8) is 0 Å². The summed E-state index contributed by atoms with van der Waals surface area (Å²) in [7, 11) is -3.64. The van der Waals surface area contributed by atoms with E-state index < -0.39 is 16.1 Å². The Morgan fingerprint density at radius 1 is 1.28 bits per heavy atom. The molecule has 0 spiro atoms. The van der Waals surface area contributed by atoms with Gasteiger partial charge in [0.1, 0.15) is 5.84 Å². The second-order valence-corrected chi connectivity index (χ2v) is 6.33. The first-order valence-electron chi connectivity index (χ1n) is 5.67. The lowest BCUT2D eigenvalue weighted by Crippen LogP contribution is -2.47. The fourth-order valence-corrected chi connectivity index (χ4v) is 2.88. The van der Waals surface area contributed by atoms with Crippen molar-refractivity contribution in [3.8, 4) is 0 Å². The summed E-state index contributed by atoms with van der Waals surface area (Å²) >= 11 is 0. The molecule has 0 aliphatic heterocycles. The normalized spacial score (nSPS) is 13.6. The van der Waals surface area contributed by atoms with E-state index in [0.717, 1.165) is 5.56 Å². The van der Waals surface area contributed by atoms with Gasteiger partial charge in [-0.05, 0) is 25.0 Å². The molecule has 0 bridgehead atoms. The monoisotopic (exact) mass is 269 g/mol. The fraction of sp³-hybridized carbons (Fsp3) is 0.417. The first-order chi connectivity index (χ1) is 8.24. The zero-order chi connectivity index (χ0) is 13.9. The number of benzene rings is 1. The lowest BCUT2D eigenvalue weighted by molar-refractivity contribution is 0.522. The average Bonchev–Trinajstić information content (AvgIpc) is 2.26. The zero-order valence-corrected chi connectivity index (χ0v) is 11.6. The van der Waals surface area contributed by atoms with E-state index in [9.17, 15) is 8.42 Å². The second-order valence-electron chi connectivity index (χ2n) is 4.61. The van der Waals surface area contributed by atoms with Crippen molar-refractivity contribution in [2.24, 2.45) is 11.7 Å². The molecule has 0 aromatic heterocycles. The van der Waals surface area contributed by atoms with Crippen LogP contribution in [0.3, 0.4) is 0 Å². The Bertz CT molecular complexity index is 521. The van der Waals surface area contributed by atoms with Gasteiger partial charge >= 0.3 is 0 Å². The lowest BCUT2D eigenvalue weighted by atomic mass is 10.1. The van der Waals surface area contributed by atoms with E-state index in [2.05, 4.69) is 4.72 Å². The number of nitrogens with two attached hydrogens (primary N) is 1. The van der Waals surface area contributed by atoms with E-state index in [4.69, 9.17) is 11.1 Å². The first-order valence-corrected chi connectivity index (χ1v) is 7.15. The number of amidine groups is 1. The van der Waals surface area contributed by atoms with Crippen LogP contribution in [0.15, 0.2) is 29.2 Å². The van der Waals surface area contributed by atoms with Gasteiger partial charge in [-0.25, -0.2) is 13.1 Å². The molecule has 0 aliphatic carbocycles. The minimum Gasteiger partial charge on any atom is -0.386 e. The van der Waals surface area contributed by atoms with Crippen molar-refractivity contribution in [2.75, 3.05) is 0 Å². The van der Waals surface area contributed by atoms with E-state index in [0.29, 0.717) is 0 Å². The number of hydrogen-bond acceptors (Lipinski definition) is 3. The Morgan fingerprint density at radius 3 is 2.17 bits per heavy atom. The third kappa shape index (κ3) is 3.54. The molecule has 0 heterocycles. The molecule has 0 saturated heterocycles. The van der Waals surface area contributed by atoms with Crippen LogP contribution >= 0.6 is 0 Å². The average molecular weight is 269 g/mol. The van der Waals surface area contributed by atoms with Crippen molar-refractivity contribution in [3.05, 3.63) is 29.8 Å². The zero-order valence-electron chi connectivity index (χ0n) is 10.8. The molecule has 100 valence electrons. The summed E-state index contributed by atoms with van der Waals surface area (Å²) in [6.45, 7) is 5.50. The fourth-order valence-electron chi connectivity index (χ4n) is 1.51. The summed E-state index contributed by atoms with van der Waals surface area (Å²) in [4.78, 5) is 0.181. The Kier molecular flexibility index (Phi) is 4.48. The summed E-state index contributed by atoms with van der Waals surface area (Å²) in [6, 6.07) is 5.85. The molecular formula is C12H19N3O2S. The second kappa shape index (κ2) is 5.49. The van der Waals surface area contributed by atoms with Crippen molar-refractivity contribution in [2.45, 2.75) is 31.7 Å². The molecule has 0 amide bonds. The number of nitrogens with one attached hydrogen (secondary N) is 2. The highest BCUT2D eigenvalue weighted by molar-refractivity contribution is 7.89. The molecule has 0 aliphatic rings. The first kappa shape index (κ1) is 14.7. The molecule has 1 aromatic carbocycles. The molecule has 1 rings (SSSR count). The van der Waals surface area contributed by atoms with Crippen LogP contribution in [0.4, 0.5) is 0 Å². The van der Waals surface area contributed by atoms with E-state index in [1.54, 1.807) is 12.1 Å². The Morgan fingerprint density at radius 2 is 1.78 bits per heavy atom. The van der Waals surface area contributed by atoms with Crippen LogP contribution in [0, 0.1) is 18.3 Å². The minimum absolute atomic E-state index is 0.0808. The maximum atomic E-state index is 12.1. The van der Waals surface area contributed by atoms with Gasteiger partial charge in [0.2, 0.25) is 10.0 Å². The van der Waals surface area contributed by atoms with Gasteiger partial charge in [-0.3, -0.25) is 5.41 Å². The van der Waals surface area contributed by atoms with E-state index in [1.165, 1.54) is 12.1 Å². The molecule has 6 heteroatoms. The summed E-state index contributed by atoms with van der Waals surface area (Å²) < 4.78 is 26.6. The molecule has 18 heavy (non-hydrogen) atoms. The van der Waals surface area contributed by atoms with Gasteiger partial charge in [-0.1, -0.05) is 31.5 Å². The molecule has 1 atom stereocenters. The topological polar surface area (TPSA) is 96.0 Å². The summed E-state index contributed by atoms with van der Waals surface area (Å²) in [5, 5.41) is 7.41. The molecular weight excluding hydrogens is 250 g/mol. The number of rotatable bonds is 5. The van der Waals surface area contributed by atoms with Gasteiger partial charge in [0.05, 0.1) is 10.9 Å². The smallest absolute Gasteiger partial charge is 0.241 e. The highest BCUT2D eigenvalue weighted by atomic mass is 32.2. The Hall–Kier alpha value is -1.40. The van der Waals surface area contributed by atoms with Gasteiger partial charge in [-0.15, -0.1) is 0 Å². The molecule has 1 aromatic rings. The number of hydrogen-bond donors (Lipinski definition) is 3. The molecule has 0 fully saturated rings.